The molecule has 67 heavy (non-hydrogen) atoms. The summed E-state index contributed by atoms with van der Waals surface area (Å²) in [7, 11) is 0. The molecule has 0 radical (unpaired) electrons. The summed E-state index contributed by atoms with van der Waals surface area (Å²) in [6, 6.07) is 0. The van der Waals surface area contributed by atoms with Crippen LogP contribution in [0.3, 0.4) is 0 Å². The van der Waals surface area contributed by atoms with E-state index in [2.05, 4.69) is 81.5 Å². The number of rotatable bonds is 51. The highest BCUT2D eigenvalue weighted by Gasteiger charge is 2.19. The number of unbranched alkanes of at least 4 members (excludes halogenated alkanes) is 29. The minimum absolute atomic E-state index is 0.0993. The molecule has 0 amide bonds. The Bertz CT molecular complexity index is 1260. The lowest BCUT2D eigenvalue weighted by molar-refractivity contribution is -0.166. The molecule has 6 heteroatoms. The minimum atomic E-state index is -0.826. The predicted molar refractivity (Wildman–Crippen MR) is 288 cm³/mol. The van der Waals surface area contributed by atoms with E-state index in [1.54, 1.807) is 6.08 Å². The molecule has 386 valence electrons. The Morgan fingerprint density at radius 1 is 0.328 bits per heavy atom. The van der Waals surface area contributed by atoms with Crippen LogP contribution in [0.1, 0.15) is 278 Å². The molecule has 0 saturated heterocycles. The van der Waals surface area contributed by atoms with Gasteiger partial charge in [-0.1, -0.05) is 261 Å². The van der Waals surface area contributed by atoms with Gasteiger partial charge in [0.25, 0.3) is 0 Å². The normalized spacial score (nSPS) is 12.6. The fourth-order valence-corrected chi connectivity index (χ4v) is 7.98. The first-order chi connectivity index (χ1) is 33.0. The van der Waals surface area contributed by atoms with Crippen LogP contribution < -0.4 is 0 Å². The maximum atomic E-state index is 12.7. The topological polar surface area (TPSA) is 78.9 Å². The van der Waals surface area contributed by atoms with Gasteiger partial charge in [0, 0.05) is 12.8 Å². The number of allylic oxidation sites excluding steroid dienone is 11. The molecule has 0 aromatic rings. The van der Waals surface area contributed by atoms with Crippen molar-refractivity contribution in [2.45, 2.75) is 284 Å². The Labute approximate surface area is 414 Å². The number of hydrogen-bond acceptors (Lipinski definition) is 6. The average molecular weight is 936 g/mol. The van der Waals surface area contributed by atoms with Gasteiger partial charge in [-0.15, -0.1) is 0 Å². The van der Waals surface area contributed by atoms with Crippen molar-refractivity contribution in [2.24, 2.45) is 0 Å². The predicted octanol–water partition coefficient (Wildman–Crippen LogP) is 19.0. The van der Waals surface area contributed by atoms with Gasteiger partial charge in [0.2, 0.25) is 0 Å². The van der Waals surface area contributed by atoms with Crippen LogP contribution in [0.2, 0.25) is 0 Å². The molecule has 0 aliphatic carbocycles. The summed E-state index contributed by atoms with van der Waals surface area (Å²) >= 11 is 0. The van der Waals surface area contributed by atoms with Crippen LogP contribution in [-0.4, -0.2) is 37.2 Å². The summed E-state index contributed by atoms with van der Waals surface area (Å²) in [6.07, 6.45) is 70.8. The third-order valence-electron chi connectivity index (χ3n) is 12.2. The second kappa shape index (κ2) is 55.4. The van der Waals surface area contributed by atoms with Gasteiger partial charge in [0.15, 0.2) is 6.10 Å². The standard InChI is InChI=1S/C61H106O6/c1-4-7-10-13-16-19-21-23-25-26-27-28-29-30-31-32-33-34-36-37-39-42-45-48-51-54-60(63)66-57-58(56-65-59(62)53-50-47-44-41-18-15-12-9-6-3)67-61(64)55-52-49-46-43-40-38-35-24-22-20-17-14-11-8-5-2/h8,11,17,20,24,26-27,35,40,43,49,52,58H,4-7,9-10,12-16,18-19,21-23,25,28-34,36-39,41-42,44-48,50-51,53-57H2,1-3H3/b11-8-,20-17-,27-26-,35-24-,43-40-,52-49-. The molecule has 0 spiro atoms. The van der Waals surface area contributed by atoms with E-state index in [0.29, 0.717) is 12.8 Å². The Morgan fingerprint density at radius 2 is 0.627 bits per heavy atom. The van der Waals surface area contributed by atoms with E-state index >= 15 is 0 Å². The lowest BCUT2D eigenvalue weighted by Crippen LogP contribution is -2.30. The van der Waals surface area contributed by atoms with E-state index in [1.165, 1.54) is 167 Å². The summed E-state index contributed by atoms with van der Waals surface area (Å²) in [5.41, 5.74) is 0. The Kier molecular flexibility index (Phi) is 52.8. The maximum absolute atomic E-state index is 12.7. The van der Waals surface area contributed by atoms with Crippen LogP contribution in [-0.2, 0) is 28.6 Å². The summed E-state index contributed by atoms with van der Waals surface area (Å²) < 4.78 is 16.7. The maximum Gasteiger partial charge on any atom is 0.310 e. The molecule has 1 unspecified atom stereocenters. The Balaban J connectivity index is 4.26. The molecule has 0 aromatic carbocycles. The fourth-order valence-electron chi connectivity index (χ4n) is 7.98. The summed E-state index contributed by atoms with van der Waals surface area (Å²) in [4.78, 5) is 37.9. The highest BCUT2D eigenvalue weighted by molar-refractivity contribution is 5.72. The number of carbonyl (C=O) groups excluding carboxylic acids is 3. The van der Waals surface area contributed by atoms with Crippen LogP contribution in [0.4, 0.5) is 0 Å². The second-order valence-electron chi connectivity index (χ2n) is 18.8. The Hall–Kier alpha value is -3.15. The molecule has 0 aliphatic heterocycles. The van der Waals surface area contributed by atoms with Gasteiger partial charge in [-0.25, -0.2) is 0 Å². The first-order valence-electron chi connectivity index (χ1n) is 28.4. The minimum Gasteiger partial charge on any atom is -0.462 e. The quantitative estimate of drug-likeness (QED) is 0.0262. The van der Waals surface area contributed by atoms with Crippen LogP contribution in [0.25, 0.3) is 0 Å². The Morgan fingerprint density at radius 3 is 0.970 bits per heavy atom. The number of carbonyl (C=O) groups is 3. The monoisotopic (exact) mass is 935 g/mol. The first kappa shape index (κ1) is 63.8. The first-order valence-corrected chi connectivity index (χ1v) is 28.4. The molecule has 0 rings (SSSR count). The van der Waals surface area contributed by atoms with Crippen LogP contribution in [0.5, 0.6) is 0 Å². The van der Waals surface area contributed by atoms with Crippen molar-refractivity contribution in [3.63, 3.8) is 0 Å². The van der Waals surface area contributed by atoms with E-state index < -0.39 is 12.1 Å². The fraction of sp³-hybridized carbons (Fsp3) is 0.754. The number of ether oxygens (including phenoxy) is 3. The van der Waals surface area contributed by atoms with E-state index in [4.69, 9.17) is 14.2 Å². The smallest absolute Gasteiger partial charge is 0.310 e. The molecular weight excluding hydrogens is 829 g/mol. The molecule has 0 saturated carbocycles. The molecule has 1 atom stereocenters. The van der Waals surface area contributed by atoms with Crippen LogP contribution in [0.15, 0.2) is 72.9 Å². The van der Waals surface area contributed by atoms with Gasteiger partial charge in [-0.05, 0) is 70.6 Å². The second-order valence-corrected chi connectivity index (χ2v) is 18.8. The zero-order chi connectivity index (χ0) is 48.6. The van der Waals surface area contributed by atoms with Crippen molar-refractivity contribution in [1.82, 2.24) is 0 Å². The van der Waals surface area contributed by atoms with Crippen molar-refractivity contribution in [2.75, 3.05) is 13.2 Å². The summed E-state index contributed by atoms with van der Waals surface area (Å²) in [5, 5.41) is 0. The van der Waals surface area contributed by atoms with Crippen molar-refractivity contribution in [3.05, 3.63) is 72.9 Å². The van der Waals surface area contributed by atoms with Gasteiger partial charge in [-0.2, -0.15) is 0 Å². The highest BCUT2D eigenvalue weighted by Crippen LogP contribution is 2.16. The van der Waals surface area contributed by atoms with E-state index in [1.807, 2.05) is 6.08 Å². The molecule has 0 N–H and O–H groups in total. The summed E-state index contributed by atoms with van der Waals surface area (Å²) in [6.45, 7) is 6.44. The van der Waals surface area contributed by atoms with Crippen molar-refractivity contribution in [1.29, 1.82) is 0 Å². The largest absolute Gasteiger partial charge is 0.462 e. The zero-order valence-electron chi connectivity index (χ0n) is 44.2. The van der Waals surface area contributed by atoms with Gasteiger partial charge < -0.3 is 14.2 Å². The molecule has 6 nitrogen and oxygen atoms in total. The van der Waals surface area contributed by atoms with Gasteiger partial charge in [0.05, 0.1) is 6.42 Å². The molecule has 0 fully saturated rings. The lowest BCUT2D eigenvalue weighted by atomic mass is 10.0. The van der Waals surface area contributed by atoms with E-state index in [0.717, 1.165) is 70.6 Å². The molecular formula is C61H106O6. The third-order valence-corrected chi connectivity index (χ3v) is 12.2. The van der Waals surface area contributed by atoms with Crippen molar-refractivity contribution < 1.29 is 28.6 Å². The molecule has 0 aliphatic rings. The van der Waals surface area contributed by atoms with Crippen LogP contribution in [0, 0.1) is 0 Å². The number of esters is 3. The third kappa shape index (κ3) is 53.7. The van der Waals surface area contributed by atoms with Gasteiger partial charge in [0.1, 0.15) is 13.2 Å². The molecule has 0 heterocycles. The van der Waals surface area contributed by atoms with Crippen molar-refractivity contribution in [3.8, 4) is 0 Å². The highest BCUT2D eigenvalue weighted by atomic mass is 16.6. The SMILES string of the molecule is CC/C=C\C/C=C\C/C=C\C/C=C\C/C=C\CC(=O)OC(COC(=O)CCCCCCCCCCC)COC(=O)CCCCCCCCCCCCCCC/C=C\CCCCCCCCCC. The van der Waals surface area contributed by atoms with E-state index in [9.17, 15) is 14.4 Å². The van der Waals surface area contributed by atoms with Crippen LogP contribution >= 0.6 is 0 Å². The zero-order valence-corrected chi connectivity index (χ0v) is 44.2. The van der Waals surface area contributed by atoms with Gasteiger partial charge >= 0.3 is 17.9 Å². The van der Waals surface area contributed by atoms with E-state index in [-0.39, 0.29) is 31.6 Å². The lowest BCUT2D eigenvalue weighted by Gasteiger charge is -2.18. The summed E-state index contributed by atoms with van der Waals surface area (Å²) in [5.74, 6) is -1.04. The average Bonchev–Trinajstić information content (AvgIpc) is 3.33. The van der Waals surface area contributed by atoms with Gasteiger partial charge in [-0.3, -0.25) is 14.4 Å². The number of hydrogen-bond donors (Lipinski definition) is 0. The van der Waals surface area contributed by atoms with Crippen molar-refractivity contribution >= 4 is 17.9 Å². The molecule has 0 bridgehead atoms. The molecule has 0 aromatic heterocycles.